The lowest BCUT2D eigenvalue weighted by molar-refractivity contribution is 0.0512. The number of hydrogen-bond acceptors (Lipinski definition) is 6. The van der Waals surface area contributed by atoms with Crippen LogP contribution in [-0.2, 0) is 4.84 Å². The Morgan fingerprint density at radius 1 is 1.24 bits per heavy atom. The minimum atomic E-state index is -0.794. The standard InChI is InChI=1S/C13H14Cl2N2O4/c1-7(16-19)6-8(2)17-21-13(18)11-9(14)4-5-10(15)12(11)20-3/h4-5,19H,6H2,1-3H3/b16-7+,17-8+. The summed E-state index contributed by atoms with van der Waals surface area (Å²) in [5.41, 5.74) is 0.886. The first-order valence-corrected chi connectivity index (χ1v) is 6.60. The Morgan fingerprint density at radius 2 is 1.86 bits per heavy atom. The largest absolute Gasteiger partial charge is 0.494 e. The van der Waals surface area contributed by atoms with E-state index in [4.69, 9.17) is 38.0 Å². The fourth-order valence-electron chi connectivity index (χ4n) is 1.53. The molecule has 1 N–H and O–H groups in total. The topological polar surface area (TPSA) is 80.5 Å². The highest BCUT2D eigenvalue weighted by Crippen LogP contribution is 2.34. The predicted octanol–water partition coefficient (Wildman–Crippen LogP) is 3.77. The Kier molecular flexibility index (Phi) is 6.45. The van der Waals surface area contributed by atoms with Crippen LogP contribution in [0.2, 0.25) is 10.0 Å². The number of carbonyl (C=O) groups is 1. The van der Waals surface area contributed by atoms with Gasteiger partial charge in [0, 0.05) is 6.42 Å². The number of nitrogens with zero attached hydrogens (tertiary/aromatic N) is 2. The molecule has 0 unspecified atom stereocenters. The van der Waals surface area contributed by atoms with E-state index in [9.17, 15) is 4.79 Å². The molecule has 0 aliphatic rings. The van der Waals surface area contributed by atoms with Crippen LogP contribution in [0.4, 0.5) is 0 Å². The summed E-state index contributed by atoms with van der Waals surface area (Å²) in [6.07, 6.45) is 0.268. The number of methoxy groups -OCH3 is 1. The Hall–Kier alpha value is -1.79. The van der Waals surface area contributed by atoms with Crippen molar-refractivity contribution in [3.63, 3.8) is 0 Å². The van der Waals surface area contributed by atoms with Crippen molar-refractivity contribution in [2.45, 2.75) is 20.3 Å². The SMILES string of the molecule is COc1c(Cl)ccc(Cl)c1C(=O)O/N=C(\C)C/C(C)=N/O. The average molecular weight is 333 g/mol. The molecule has 0 saturated heterocycles. The van der Waals surface area contributed by atoms with Gasteiger partial charge in [-0.05, 0) is 26.0 Å². The van der Waals surface area contributed by atoms with Crippen LogP contribution >= 0.6 is 23.2 Å². The summed E-state index contributed by atoms with van der Waals surface area (Å²) in [5, 5.41) is 15.6. The van der Waals surface area contributed by atoms with Crippen LogP contribution in [0.15, 0.2) is 22.4 Å². The monoisotopic (exact) mass is 332 g/mol. The van der Waals surface area contributed by atoms with E-state index >= 15 is 0 Å². The fourth-order valence-corrected chi connectivity index (χ4v) is 1.99. The lowest BCUT2D eigenvalue weighted by atomic mass is 10.2. The molecule has 1 rings (SSSR count). The minimum absolute atomic E-state index is 0.00392. The smallest absolute Gasteiger partial charge is 0.371 e. The van der Waals surface area contributed by atoms with Crippen LogP contribution < -0.4 is 4.74 Å². The normalized spacial score (nSPS) is 12.2. The van der Waals surface area contributed by atoms with Crippen molar-refractivity contribution in [1.82, 2.24) is 0 Å². The number of rotatable bonds is 5. The van der Waals surface area contributed by atoms with Gasteiger partial charge in [0.25, 0.3) is 0 Å². The highest BCUT2D eigenvalue weighted by atomic mass is 35.5. The van der Waals surface area contributed by atoms with Crippen molar-refractivity contribution in [2.75, 3.05) is 7.11 Å². The summed E-state index contributed by atoms with van der Waals surface area (Å²) in [6, 6.07) is 2.97. The Balaban J connectivity index is 2.95. The maximum absolute atomic E-state index is 12.0. The van der Waals surface area contributed by atoms with Gasteiger partial charge in [-0.2, -0.15) is 0 Å². The zero-order valence-corrected chi connectivity index (χ0v) is 13.2. The second-order valence-electron chi connectivity index (χ2n) is 4.15. The molecule has 8 heteroatoms. The zero-order valence-electron chi connectivity index (χ0n) is 11.7. The van der Waals surface area contributed by atoms with E-state index in [0.29, 0.717) is 11.4 Å². The Labute approximate surface area is 131 Å². The van der Waals surface area contributed by atoms with Gasteiger partial charge in [0.2, 0.25) is 0 Å². The van der Waals surface area contributed by atoms with E-state index in [1.807, 2.05) is 0 Å². The summed E-state index contributed by atoms with van der Waals surface area (Å²) < 4.78 is 5.05. The molecule has 1 aromatic carbocycles. The van der Waals surface area contributed by atoms with Gasteiger partial charge in [-0.1, -0.05) is 33.5 Å². The lowest BCUT2D eigenvalue weighted by Gasteiger charge is -2.09. The summed E-state index contributed by atoms with van der Waals surface area (Å²) in [7, 11) is 1.36. The second-order valence-corrected chi connectivity index (χ2v) is 4.97. The quantitative estimate of drug-likeness (QED) is 0.385. The first-order chi connectivity index (χ1) is 9.90. The van der Waals surface area contributed by atoms with E-state index in [-0.39, 0.29) is 27.8 Å². The third-order valence-electron chi connectivity index (χ3n) is 2.43. The second kappa shape index (κ2) is 7.85. The third-order valence-corrected chi connectivity index (χ3v) is 3.05. The Morgan fingerprint density at radius 3 is 2.43 bits per heavy atom. The van der Waals surface area contributed by atoms with Crippen molar-refractivity contribution < 1.29 is 19.6 Å². The fraction of sp³-hybridized carbons (Fsp3) is 0.308. The van der Waals surface area contributed by atoms with E-state index in [1.165, 1.54) is 19.2 Å². The molecule has 0 aliphatic heterocycles. The van der Waals surface area contributed by atoms with E-state index in [2.05, 4.69) is 10.3 Å². The minimum Gasteiger partial charge on any atom is -0.494 e. The Bertz CT molecular complexity index is 600. The highest BCUT2D eigenvalue weighted by molar-refractivity contribution is 6.37. The van der Waals surface area contributed by atoms with Crippen LogP contribution in [0.3, 0.4) is 0 Å². The van der Waals surface area contributed by atoms with Crippen molar-refractivity contribution in [3.05, 3.63) is 27.7 Å². The van der Waals surface area contributed by atoms with E-state index in [0.717, 1.165) is 0 Å². The van der Waals surface area contributed by atoms with Crippen LogP contribution in [0, 0.1) is 0 Å². The lowest BCUT2D eigenvalue weighted by Crippen LogP contribution is -2.08. The summed E-state index contributed by atoms with van der Waals surface area (Å²) in [5.74, 6) is -0.674. The van der Waals surface area contributed by atoms with Gasteiger partial charge in [0.15, 0.2) is 5.75 Å². The number of ether oxygens (including phenoxy) is 1. The third kappa shape index (κ3) is 4.61. The van der Waals surface area contributed by atoms with Crippen LogP contribution in [0.5, 0.6) is 5.75 Å². The number of benzene rings is 1. The molecule has 0 fully saturated rings. The van der Waals surface area contributed by atoms with Gasteiger partial charge in [0.05, 0.1) is 28.6 Å². The molecule has 0 amide bonds. The molecule has 1 aromatic rings. The maximum atomic E-state index is 12.0. The first-order valence-electron chi connectivity index (χ1n) is 5.85. The van der Waals surface area contributed by atoms with Crippen molar-refractivity contribution in [1.29, 1.82) is 0 Å². The average Bonchev–Trinajstić information content (AvgIpc) is 2.46. The molecule has 0 bridgehead atoms. The molecule has 21 heavy (non-hydrogen) atoms. The predicted molar refractivity (Wildman–Crippen MR) is 81.1 cm³/mol. The molecule has 6 nitrogen and oxygen atoms in total. The molecule has 0 aromatic heterocycles. The molecular formula is C13H14Cl2N2O4. The van der Waals surface area contributed by atoms with Crippen LogP contribution in [0.25, 0.3) is 0 Å². The van der Waals surface area contributed by atoms with Gasteiger partial charge in [-0.15, -0.1) is 0 Å². The maximum Gasteiger partial charge on any atom is 0.371 e. The highest BCUT2D eigenvalue weighted by Gasteiger charge is 2.21. The molecule has 0 radical (unpaired) electrons. The first kappa shape index (κ1) is 17.3. The zero-order chi connectivity index (χ0) is 16.0. The molecule has 0 aliphatic carbocycles. The van der Waals surface area contributed by atoms with Gasteiger partial charge in [-0.25, -0.2) is 4.79 Å². The van der Waals surface area contributed by atoms with Crippen LogP contribution in [-0.4, -0.2) is 29.7 Å². The van der Waals surface area contributed by atoms with Crippen LogP contribution in [0.1, 0.15) is 30.6 Å². The molecule has 0 atom stereocenters. The van der Waals surface area contributed by atoms with Crippen molar-refractivity contribution in [3.8, 4) is 5.75 Å². The molecule has 0 heterocycles. The molecule has 0 spiro atoms. The van der Waals surface area contributed by atoms with Gasteiger partial charge in [-0.3, -0.25) is 0 Å². The summed E-state index contributed by atoms with van der Waals surface area (Å²) in [6.45, 7) is 3.23. The molecule has 0 saturated carbocycles. The molecule has 114 valence electrons. The van der Waals surface area contributed by atoms with E-state index in [1.54, 1.807) is 13.8 Å². The van der Waals surface area contributed by atoms with Gasteiger partial charge in [0.1, 0.15) is 5.56 Å². The van der Waals surface area contributed by atoms with E-state index < -0.39 is 5.97 Å². The van der Waals surface area contributed by atoms with Gasteiger partial charge >= 0.3 is 5.97 Å². The van der Waals surface area contributed by atoms with Gasteiger partial charge < -0.3 is 14.8 Å². The number of hydrogen-bond donors (Lipinski definition) is 1. The number of halogens is 2. The molecular weight excluding hydrogens is 319 g/mol. The summed E-state index contributed by atoms with van der Waals surface area (Å²) >= 11 is 11.9. The number of carbonyl (C=O) groups excluding carboxylic acids is 1. The van der Waals surface area contributed by atoms with Crippen molar-refractivity contribution in [2.24, 2.45) is 10.3 Å². The van der Waals surface area contributed by atoms with Crippen molar-refractivity contribution >= 4 is 40.6 Å². The number of oxime groups is 2. The summed E-state index contributed by atoms with van der Waals surface area (Å²) in [4.78, 5) is 16.8.